The van der Waals surface area contributed by atoms with Gasteiger partial charge in [-0.15, -0.1) is 11.3 Å². The molecule has 1 unspecified atom stereocenters. The van der Waals surface area contributed by atoms with Crippen molar-refractivity contribution in [2.45, 2.75) is 19.4 Å². The van der Waals surface area contributed by atoms with Crippen LogP contribution in [0.25, 0.3) is 0 Å². The zero-order chi connectivity index (χ0) is 15.2. The van der Waals surface area contributed by atoms with Crippen molar-refractivity contribution in [3.63, 3.8) is 0 Å². The van der Waals surface area contributed by atoms with Gasteiger partial charge in [0, 0.05) is 10.6 Å². The Hall–Kier alpha value is -2.34. The van der Waals surface area contributed by atoms with Gasteiger partial charge >= 0.3 is 6.03 Å². The maximum absolute atomic E-state index is 12.1. The summed E-state index contributed by atoms with van der Waals surface area (Å²) < 4.78 is 0. The summed E-state index contributed by atoms with van der Waals surface area (Å²) >= 11 is 1.47. The number of urea groups is 1. The van der Waals surface area contributed by atoms with Crippen molar-refractivity contribution in [3.05, 3.63) is 52.2 Å². The highest BCUT2D eigenvalue weighted by Gasteiger charge is 2.18. The Morgan fingerprint density at radius 2 is 1.95 bits per heavy atom. The summed E-state index contributed by atoms with van der Waals surface area (Å²) in [5, 5.41) is 7.30. The van der Waals surface area contributed by atoms with Gasteiger partial charge in [0.2, 0.25) is 5.91 Å². The zero-order valence-electron chi connectivity index (χ0n) is 11.6. The average molecular weight is 303 g/mol. The first-order chi connectivity index (χ1) is 10.0. The van der Waals surface area contributed by atoms with Gasteiger partial charge in [0.15, 0.2) is 0 Å². The lowest BCUT2D eigenvalue weighted by Crippen LogP contribution is -2.34. The lowest BCUT2D eigenvalue weighted by molar-refractivity contribution is -0.116. The molecule has 1 atom stereocenters. The van der Waals surface area contributed by atoms with Crippen molar-refractivity contribution in [2.24, 2.45) is 5.73 Å². The van der Waals surface area contributed by atoms with Gasteiger partial charge < -0.3 is 16.4 Å². The molecule has 2 rings (SSSR count). The van der Waals surface area contributed by atoms with E-state index < -0.39 is 12.1 Å². The van der Waals surface area contributed by atoms with Crippen molar-refractivity contribution in [1.82, 2.24) is 5.32 Å². The van der Waals surface area contributed by atoms with Crippen molar-refractivity contribution in [2.75, 3.05) is 5.32 Å². The summed E-state index contributed by atoms with van der Waals surface area (Å²) in [5.41, 5.74) is 7.02. The molecule has 21 heavy (non-hydrogen) atoms. The van der Waals surface area contributed by atoms with E-state index in [0.717, 1.165) is 16.1 Å². The third kappa shape index (κ3) is 4.61. The molecule has 1 aromatic carbocycles. The predicted molar refractivity (Wildman–Crippen MR) is 84.2 cm³/mol. The van der Waals surface area contributed by atoms with Crippen LogP contribution in [0.1, 0.15) is 22.9 Å². The van der Waals surface area contributed by atoms with Crippen LogP contribution in [0.5, 0.6) is 0 Å². The van der Waals surface area contributed by atoms with E-state index in [9.17, 15) is 9.59 Å². The number of hydrogen-bond donors (Lipinski definition) is 3. The number of nitrogens with one attached hydrogen (secondary N) is 2. The summed E-state index contributed by atoms with van der Waals surface area (Å²) in [5.74, 6) is -0.175. The quantitative estimate of drug-likeness (QED) is 0.793. The number of primary amides is 1. The van der Waals surface area contributed by atoms with Gasteiger partial charge in [-0.05, 0) is 30.5 Å². The highest BCUT2D eigenvalue weighted by atomic mass is 32.1. The molecule has 3 amide bonds. The number of benzene rings is 1. The fraction of sp³-hybridized carbons (Fsp3) is 0.200. The average Bonchev–Trinajstić information content (AvgIpc) is 2.94. The van der Waals surface area contributed by atoms with E-state index in [-0.39, 0.29) is 12.3 Å². The molecule has 1 aromatic heterocycles. The van der Waals surface area contributed by atoms with Crippen LogP contribution >= 0.6 is 11.3 Å². The van der Waals surface area contributed by atoms with Gasteiger partial charge in [-0.2, -0.15) is 0 Å². The molecule has 0 saturated heterocycles. The van der Waals surface area contributed by atoms with Crippen molar-refractivity contribution in [3.8, 4) is 0 Å². The Morgan fingerprint density at radius 3 is 2.52 bits per heavy atom. The second-order valence-electron chi connectivity index (χ2n) is 4.69. The first-order valence-electron chi connectivity index (χ1n) is 6.50. The number of nitrogens with two attached hydrogens (primary N) is 1. The minimum absolute atomic E-state index is 0.136. The highest BCUT2D eigenvalue weighted by Crippen LogP contribution is 2.22. The number of anilines is 1. The van der Waals surface area contributed by atoms with Crippen LogP contribution < -0.4 is 16.4 Å². The zero-order valence-corrected chi connectivity index (χ0v) is 12.4. The van der Waals surface area contributed by atoms with E-state index in [1.54, 1.807) is 0 Å². The van der Waals surface area contributed by atoms with Crippen molar-refractivity contribution < 1.29 is 9.59 Å². The summed E-state index contributed by atoms with van der Waals surface area (Å²) in [7, 11) is 0. The third-order valence-corrected chi connectivity index (χ3v) is 3.91. The lowest BCUT2D eigenvalue weighted by Gasteiger charge is -2.16. The second kappa shape index (κ2) is 6.90. The van der Waals surface area contributed by atoms with E-state index in [4.69, 9.17) is 5.73 Å². The Kier molecular flexibility index (Phi) is 4.94. The fourth-order valence-corrected chi connectivity index (χ4v) is 2.70. The van der Waals surface area contributed by atoms with Gasteiger partial charge in [-0.3, -0.25) is 4.79 Å². The van der Waals surface area contributed by atoms with Crippen molar-refractivity contribution >= 4 is 29.0 Å². The van der Waals surface area contributed by atoms with Crippen LogP contribution in [0.3, 0.4) is 0 Å². The topological polar surface area (TPSA) is 84.2 Å². The molecule has 0 spiro atoms. The highest BCUT2D eigenvalue weighted by molar-refractivity contribution is 7.10. The molecule has 0 radical (unpaired) electrons. The number of carbonyl (C=O) groups excluding carboxylic acids is 2. The number of aryl methyl sites for hydroxylation is 1. The predicted octanol–water partition coefficient (Wildman–Crippen LogP) is 2.79. The maximum atomic E-state index is 12.1. The van der Waals surface area contributed by atoms with Crippen LogP contribution in [0.15, 0.2) is 41.8 Å². The molecule has 2 aromatic rings. The van der Waals surface area contributed by atoms with Crippen molar-refractivity contribution in [1.29, 1.82) is 0 Å². The number of hydrogen-bond acceptors (Lipinski definition) is 3. The molecule has 0 saturated carbocycles. The first kappa shape index (κ1) is 15.1. The Bertz CT molecular complexity index is 608. The number of amides is 3. The molecule has 1 heterocycles. The summed E-state index contributed by atoms with van der Waals surface area (Å²) in [6.07, 6.45) is 0.136. The molecule has 0 aliphatic carbocycles. The van der Waals surface area contributed by atoms with Crippen LogP contribution in [0, 0.1) is 6.92 Å². The van der Waals surface area contributed by atoms with Crippen LogP contribution in [0.2, 0.25) is 0 Å². The van der Waals surface area contributed by atoms with E-state index in [0.29, 0.717) is 0 Å². The van der Waals surface area contributed by atoms with E-state index in [2.05, 4.69) is 10.6 Å². The Labute approximate surface area is 127 Å². The largest absolute Gasteiger partial charge is 0.352 e. The molecule has 0 bridgehead atoms. The molecular weight excluding hydrogens is 286 g/mol. The molecule has 4 N–H and O–H groups in total. The smallest absolute Gasteiger partial charge is 0.312 e. The summed E-state index contributed by atoms with van der Waals surface area (Å²) in [6, 6.07) is 10.2. The maximum Gasteiger partial charge on any atom is 0.312 e. The number of thiophene rings is 1. The second-order valence-corrected chi connectivity index (χ2v) is 5.67. The van der Waals surface area contributed by atoms with Crippen LogP contribution in [-0.2, 0) is 4.79 Å². The SMILES string of the molecule is Cc1ccc(NC(=O)CC(NC(N)=O)c2cccs2)cc1. The monoisotopic (exact) mass is 303 g/mol. The lowest BCUT2D eigenvalue weighted by atomic mass is 10.1. The van der Waals surface area contributed by atoms with Crippen LogP contribution in [0.4, 0.5) is 10.5 Å². The van der Waals surface area contributed by atoms with E-state index in [1.165, 1.54) is 11.3 Å². The minimum Gasteiger partial charge on any atom is -0.352 e. The molecule has 0 aliphatic rings. The molecule has 110 valence electrons. The Balaban J connectivity index is 2.01. The van der Waals surface area contributed by atoms with Gasteiger partial charge in [-0.1, -0.05) is 23.8 Å². The molecule has 0 aliphatic heterocycles. The number of carbonyl (C=O) groups is 2. The molecular formula is C15H17N3O2S. The molecule has 0 fully saturated rings. The van der Waals surface area contributed by atoms with E-state index >= 15 is 0 Å². The third-order valence-electron chi connectivity index (χ3n) is 2.93. The van der Waals surface area contributed by atoms with Gasteiger partial charge in [0.05, 0.1) is 12.5 Å². The first-order valence-corrected chi connectivity index (χ1v) is 7.38. The van der Waals surface area contributed by atoms with Crippen LogP contribution in [-0.4, -0.2) is 11.9 Å². The Morgan fingerprint density at radius 1 is 1.24 bits per heavy atom. The standard InChI is InChI=1S/C15H17N3O2S/c1-10-4-6-11(7-5-10)17-14(19)9-12(18-15(16)20)13-3-2-8-21-13/h2-8,12H,9H2,1H3,(H,17,19)(H3,16,18,20). The molecule has 6 heteroatoms. The summed E-state index contributed by atoms with van der Waals surface area (Å²) in [4.78, 5) is 24.0. The minimum atomic E-state index is -0.642. The van der Waals surface area contributed by atoms with Gasteiger partial charge in [0.1, 0.15) is 0 Å². The van der Waals surface area contributed by atoms with Gasteiger partial charge in [-0.25, -0.2) is 4.79 Å². The normalized spacial score (nSPS) is 11.7. The van der Waals surface area contributed by atoms with Gasteiger partial charge in [0.25, 0.3) is 0 Å². The summed E-state index contributed by atoms with van der Waals surface area (Å²) in [6.45, 7) is 1.98. The fourth-order valence-electron chi connectivity index (χ4n) is 1.92. The molecule has 5 nitrogen and oxygen atoms in total. The number of rotatable bonds is 5. The van der Waals surface area contributed by atoms with E-state index in [1.807, 2.05) is 48.7 Å².